The summed E-state index contributed by atoms with van der Waals surface area (Å²) in [5.41, 5.74) is 0.518. The number of ether oxygens (including phenoxy) is 1. The van der Waals surface area contributed by atoms with Crippen molar-refractivity contribution in [3.05, 3.63) is 67.3 Å². The summed E-state index contributed by atoms with van der Waals surface area (Å²) in [7, 11) is 0. The maximum atomic E-state index is 13.0. The molecule has 4 rings (SSSR count). The van der Waals surface area contributed by atoms with Gasteiger partial charge < -0.3 is 19.5 Å². The summed E-state index contributed by atoms with van der Waals surface area (Å²) in [5.74, 6) is -0.390. The predicted octanol–water partition coefficient (Wildman–Crippen LogP) is 3.02. The van der Waals surface area contributed by atoms with Crippen LogP contribution in [-0.2, 0) is 9.59 Å². The van der Waals surface area contributed by atoms with E-state index < -0.39 is 11.5 Å². The van der Waals surface area contributed by atoms with Crippen LogP contribution in [-0.4, -0.2) is 33.5 Å². The van der Waals surface area contributed by atoms with Gasteiger partial charge >= 0.3 is 0 Å². The van der Waals surface area contributed by atoms with Gasteiger partial charge in [-0.1, -0.05) is 12.1 Å². The quantitative estimate of drug-likeness (QED) is 0.710. The molecule has 0 radical (unpaired) electrons. The minimum atomic E-state index is -1.65. The van der Waals surface area contributed by atoms with Crippen LogP contribution in [0, 0.1) is 0 Å². The SMILES string of the molecule is CCN1C(=O)C(C)(C(=O)Nc2ccc(-n3ccnc3)cc2)Oc2ccccc21. The molecule has 0 spiro atoms. The summed E-state index contributed by atoms with van der Waals surface area (Å²) in [4.78, 5) is 31.6. The summed E-state index contributed by atoms with van der Waals surface area (Å²) in [6.45, 7) is 3.82. The Morgan fingerprint density at radius 2 is 1.93 bits per heavy atom. The number of benzene rings is 2. The second-order valence-electron chi connectivity index (χ2n) is 6.62. The molecule has 2 aromatic carbocycles. The van der Waals surface area contributed by atoms with E-state index in [4.69, 9.17) is 4.74 Å². The molecule has 0 saturated heterocycles. The van der Waals surface area contributed by atoms with Crippen LogP contribution in [0.1, 0.15) is 13.8 Å². The average Bonchev–Trinajstić information content (AvgIpc) is 3.24. The number of para-hydroxylation sites is 2. The van der Waals surface area contributed by atoms with Gasteiger partial charge in [-0.25, -0.2) is 4.98 Å². The summed E-state index contributed by atoms with van der Waals surface area (Å²) in [5, 5.41) is 2.79. The molecular formula is C21H20N4O3. The number of carbonyl (C=O) groups excluding carboxylic acids is 2. The van der Waals surface area contributed by atoms with Gasteiger partial charge in [-0.3, -0.25) is 9.59 Å². The van der Waals surface area contributed by atoms with Crippen LogP contribution in [0.4, 0.5) is 11.4 Å². The number of carbonyl (C=O) groups is 2. The number of anilines is 2. The second kappa shape index (κ2) is 6.84. The highest BCUT2D eigenvalue weighted by molar-refractivity contribution is 6.19. The van der Waals surface area contributed by atoms with Gasteiger partial charge in [-0.05, 0) is 50.2 Å². The minimum absolute atomic E-state index is 0.388. The lowest BCUT2D eigenvalue weighted by molar-refractivity contribution is -0.145. The van der Waals surface area contributed by atoms with Gasteiger partial charge in [0.05, 0.1) is 12.0 Å². The van der Waals surface area contributed by atoms with Gasteiger partial charge in [0.1, 0.15) is 5.75 Å². The Hall–Kier alpha value is -3.61. The number of nitrogens with zero attached hydrogens (tertiary/aromatic N) is 3. The van der Waals surface area contributed by atoms with E-state index in [1.165, 1.54) is 6.92 Å². The fraction of sp³-hybridized carbons (Fsp3) is 0.190. The number of imidazole rings is 1. The zero-order chi connectivity index (χ0) is 19.7. The first-order chi connectivity index (χ1) is 13.5. The molecule has 7 heteroatoms. The summed E-state index contributed by atoms with van der Waals surface area (Å²) in [6, 6.07) is 14.5. The molecule has 2 amide bonds. The molecular weight excluding hydrogens is 356 g/mol. The maximum absolute atomic E-state index is 13.0. The third kappa shape index (κ3) is 2.90. The number of fused-ring (bicyclic) bond motifs is 1. The Labute approximate surface area is 162 Å². The lowest BCUT2D eigenvalue weighted by Crippen LogP contribution is -2.60. The third-order valence-electron chi connectivity index (χ3n) is 4.80. The standard InChI is InChI=1S/C21H20N4O3/c1-3-25-17-6-4-5-7-18(17)28-21(2,20(25)27)19(26)23-15-8-10-16(11-9-15)24-13-12-22-14-24/h4-14H,3H2,1-2H3,(H,23,26). The Morgan fingerprint density at radius 1 is 1.18 bits per heavy atom. The molecule has 0 bridgehead atoms. The Kier molecular flexibility index (Phi) is 4.35. The molecule has 1 aliphatic heterocycles. The van der Waals surface area contributed by atoms with Gasteiger partial charge in [0, 0.05) is 30.3 Å². The number of hydrogen-bond acceptors (Lipinski definition) is 4. The van der Waals surface area contributed by atoms with Crippen LogP contribution >= 0.6 is 0 Å². The van der Waals surface area contributed by atoms with E-state index in [0.717, 1.165) is 5.69 Å². The highest BCUT2D eigenvalue weighted by Gasteiger charge is 2.50. The van der Waals surface area contributed by atoms with Crippen molar-refractivity contribution < 1.29 is 14.3 Å². The van der Waals surface area contributed by atoms with E-state index in [1.807, 2.05) is 48.0 Å². The second-order valence-corrected chi connectivity index (χ2v) is 6.62. The van der Waals surface area contributed by atoms with Gasteiger partial charge in [-0.15, -0.1) is 0 Å². The molecule has 1 aliphatic rings. The summed E-state index contributed by atoms with van der Waals surface area (Å²) < 4.78 is 7.72. The maximum Gasteiger partial charge on any atom is 0.280 e. The normalized spacial score (nSPS) is 18.4. The molecule has 2 heterocycles. The molecule has 1 N–H and O–H groups in total. The van der Waals surface area contributed by atoms with E-state index in [2.05, 4.69) is 10.3 Å². The summed E-state index contributed by atoms with van der Waals surface area (Å²) in [6.07, 6.45) is 5.22. The number of likely N-dealkylation sites (N-methyl/N-ethyl adjacent to an activating group) is 1. The Balaban J connectivity index is 1.58. The highest BCUT2D eigenvalue weighted by Crippen LogP contribution is 2.37. The molecule has 7 nitrogen and oxygen atoms in total. The Morgan fingerprint density at radius 3 is 2.61 bits per heavy atom. The van der Waals surface area contributed by atoms with E-state index in [-0.39, 0.29) is 5.91 Å². The first-order valence-corrected chi connectivity index (χ1v) is 9.03. The predicted molar refractivity (Wildman–Crippen MR) is 106 cm³/mol. The summed E-state index contributed by atoms with van der Waals surface area (Å²) >= 11 is 0. The lowest BCUT2D eigenvalue weighted by Gasteiger charge is -2.39. The zero-order valence-corrected chi connectivity index (χ0v) is 15.6. The van der Waals surface area contributed by atoms with Gasteiger partial charge in [0.15, 0.2) is 0 Å². The van der Waals surface area contributed by atoms with E-state index in [0.29, 0.717) is 23.7 Å². The van der Waals surface area contributed by atoms with Crippen LogP contribution in [0.25, 0.3) is 5.69 Å². The lowest BCUT2D eigenvalue weighted by atomic mass is 9.99. The smallest absolute Gasteiger partial charge is 0.280 e. The van der Waals surface area contributed by atoms with Crippen molar-refractivity contribution in [2.45, 2.75) is 19.4 Å². The molecule has 3 aromatic rings. The first-order valence-electron chi connectivity index (χ1n) is 9.03. The molecule has 1 aromatic heterocycles. The van der Waals surface area contributed by atoms with Crippen molar-refractivity contribution in [1.29, 1.82) is 0 Å². The van der Waals surface area contributed by atoms with Crippen molar-refractivity contribution in [3.63, 3.8) is 0 Å². The van der Waals surface area contributed by atoms with Crippen LogP contribution in [0.5, 0.6) is 5.75 Å². The van der Waals surface area contributed by atoms with E-state index in [1.54, 1.807) is 35.6 Å². The molecule has 0 aliphatic carbocycles. The molecule has 1 atom stereocenters. The van der Waals surface area contributed by atoms with Crippen molar-refractivity contribution in [1.82, 2.24) is 9.55 Å². The highest BCUT2D eigenvalue weighted by atomic mass is 16.5. The minimum Gasteiger partial charge on any atom is -0.465 e. The monoisotopic (exact) mass is 376 g/mol. The van der Waals surface area contributed by atoms with Crippen LogP contribution < -0.4 is 15.0 Å². The van der Waals surface area contributed by atoms with Gasteiger partial charge in [-0.2, -0.15) is 0 Å². The number of nitrogens with one attached hydrogen (secondary N) is 1. The largest absolute Gasteiger partial charge is 0.465 e. The number of aromatic nitrogens is 2. The molecule has 28 heavy (non-hydrogen) atoms. The van der Waals surface area contributed by atoms with Crippen molar-refractivity contribution >= 4 is 23.2 Å². The van der Waals surface area contributed by atoms with E-state index >= 15 is 0 Å². The molecule has 0 saturated carbocycles. The number of rotatable bonds is 4. The fourth-order valence-electron chi connectivity index (χ4n) is 3.23. The number of hydrogen-bond donors (Lipinski definition) is 1. The first kappa shape index (κ1) is 17.8. The average molecular weight is 376 g/mol. The Bertz CT molecular complexity index is 1010. The topological polar surface area (TPSA) is 76.5 Å². The molecule has 142 valence electrons. The van der Waals surface area contributed by atoms with Crippen LogP contribution in [0.3, 0.4) is 0 Å². The van der Waals surface area contributed by atoms with Crippen molar-refractivity contribution in [2.24, 2.45) is 0 Å². The van der Waals surface area contributed by atoms with Crippen LogP contribution in [0.2, 0.25) is 0 Å². The van der Waals surface area contributed by atoms with E-state index in [9.17, 15) is 9.59 Å². The van der Waals surface area contributed by atoms with Crippen LogP contribution in [0.15, 0.2) is 67.3 Å². The van der Waals surface area contributed by atoms with Gasteiger partial charge in [0.2, 0.25) is 0 Å². The molecule has 0 fully saturated rings. The van der Waals surface area contributed by atoms with Crippen molar-refractivity contribution in [2.75, 3.05) is 16.8 Å². The fourth-order valence-corrected chi connectivity index (χ4v) is 3.23. The number of amides is 2. The van der Waals surface area contributed by atoms with Gasteiger partial charge in [0.25, 0.3) is 17.4 Å². The molecule has 1 unspecified atom stereocenters. The third-order valence-corrected chi connectivity index (χ3v) is 4.80. The zero-order valence-electron chi connectivity index (χ0n) is 15.6. The van der Waals surface area contributed by atoms with Crippen molar-refractivity contribution in [3.8, 4) is 11.4 Å².